The van der Waals surface area contributed by atoms with E-state index in [2.05, 4.69) is 36.4 Å². The summed E-state index contributed by atoms with van der Waals surface area (Å²) in [4.78, 5) is 83.8. The number of piperidine rings is 3. The van der Waals surface area contributed by atoms with E-state index in [0.717, 1.165) is 125 Å². The van der Waals surface area contributed by atoms with Crippen molar-refractivity contribution in [2.45, 2.75) is 113 Å². The molecule has 1 unspecified atom stereocenters. The van der Waals surface area contributed by atoms with Crippen molar-refractivity contribution in [3.8, 4) is 0 Å². The molecule has 5 amide bonds. The molecule has 5 aliphatic rings. The molecule has 67 heavy (non-hydrogen) atoms. The molecular weight excluding hydrogens is 863 g/mol. The Morgan fingerprint density at radius 2 is 1.63 bits per heavy atom. The normalized spacial score (nSPS) is 20.1. The van der Waals surface area contributed by atoms with Gasteiger partial charge < -0.3 is 24.9 Å². The second kappa shape index (κ2) is 24.2. The van der Waals surface area contributed by atoms with Gasteiger partial charge in [0.2, 0.25) is 17.7 Å². The summed E-state index contributed by atoms with van der Waals surface area (Å²) in [7, 11) is 0. The van der Waals surface area contributed by atoms with Crippen LogP contribution in [0.1, 0.15) is 122 Å². The Morgan fingerprint density at radius 1 is 0.821 bits per heavy atom. The van der Waals surface area contributed by atoms with Gasteiger partial charge in [-0.15, -0.1) is 11.8 Å². The molecular formula is C52H69N9O5S. The Kier molecular flexibility index (Phi) is 17.5. The van der Waals surface area contributed by atoms with Crippen LogP contribution >= 0.6 is 11.8 Å². The maximum absolute atomic E-state index is 13.4. The third-order valence-corrected chi connectivity index (χ3v) is 15.5. The summed E-state index contributed by atoms with van der Waals surface area (Å²) in [5.41, 5.74) is 3.22. The predicted molar refractivity (Wildman–Crippen MR) is 263 cm³/mol. The Labute approximate surface area is 400 Å². The van der Waals surface area contributed by atoms with Gasteiger partial charge >= 0.3 is 0 Å². The minimum Gasteiger partial charge on any atom is -0.357 e. The van der Waals surface area contributed by atoms with E-state index in [1.165, 1.54) is 38.6 Å². The number of hydrogen-bond acceptors (Lipinski definition) is 11. The Balaban J connectivity index is 0.633. The molecule has 4 saturated heterocycles. The number of unbranched alkanes of at least 4 members (excludes halogenated alkanes) is 5. The summed E-state index contributed by atoms with van der Waals surface area (Å²) < 4.78 is 0. The molecule has 1 aromatic carbocycles. The van der Waals surface area contributed by atoms with Crippen LogP contribution in [0.2, 0.25) is 0 Å². The summed E-state index contributed by atoms with van der Waals surface area (Å²) in [6.07, 6.45) is 22.9. The number of amides is 5. The lowest BCUT2D eigenvalue weighted by Crippen LogP contribution is -2.53. The zero-order valence-electron chi connectivity index (χ0n) is 39.1. The molecule has 0 saturated carbocycles. The van der Waals surface area contributed by atoms with Crippen LogP contribution in [0.15, 0.2) is 72.0 Å². The lowest BCUT2D eigenvalue weighted by molar-refractivity contribution is -0.137. The average Bonchev–Trinajstić information content (AvgIpc) is 3.69. The van der Waals surface area contributed by atoms with Crippen molar-refractivity contribution in [2.75, 3.05) is 76.1 Å². The molecule has 1 atom stereocenters. The summed E-state index contributed by atoms with van der Waals surface area (Å²) in [5, 5.41) is 5.35. The van der Waals surface area contributed by atoms with E-state index in [4.69, 9.17) is 4.98 Å². The fourth-order valence-corrected chi connectivity index (χ4v) is 11.4. The highest BCUT2D eigenvalue weighted by Gasteiger charge is 2.39. The number of piperazine rings is 1. The van der Waals surface area contributed by atoms with E-state index in [0.29, 0.717) is 42.6 Å². The number of nitrogens with zero attached hydrogens (tertiary/aromatic N) is 7. The van der Waals surface area contributed by atoms with Gasteiger partial charge in [-0.3, -0.25) is 39.2 Å². The first-order chi connectivity index (χ1) is 32.8. The Bertz CT molecular complexity index is 2170. The van der Waals surface area contributed by atoms with E-state index in [1.807, 2.05) is 53.1 Å². The SMILES string of the molecule is O=C(/C=C/c1cccnc1)NCCCCC1CCN(C(=O)c2ccc(N3CCC(N4CCN(CCCCCCCSc5ccc6c(c5)CN(C5CCC(=O)NC5=O)C6=O)CC4)CC3)nc2)CC1. The monoisotopic (exact) mass is 932 g/mol. The van der Waals surface area contributed by atoms with Crippen LogP contribution in [0.4, 0.5) is 5.82 Å². The molecule has 358 valence electrons. The molecule has 7 heterocycles. The van der Waals surface area contributed by atoms with Gasteiger partial charge in [0.1, 0.15) is 11.9 Å². The van der Waals surface area contributed by atoms with Crippen molar-refractivity contribution >= 4 is 53.2 Å². The summed E-state index contributed by atoms with van der Waals surface area (Å²) >= 11 is 1.84. The third kappa shape index (κ3) is 13.5. The van der Waals surface area contributed by atoms with Crippen molar-refractivity contribution in [3.63, 3.8) is 0 Å². The van der Waals surface area contributed by atoms with Gasteiger partial charge in [-0.25, -0.2) is 4.98 Å². The van der Waals surface area contributed by atoms with E-state index in [1.54, 1.807) is 35.6 Å². The summed E-state index contributed by atoms with van der Waals surface area (Å²) in [5.74, 6) is 1.89. The van der Waals surface area contributed by atoms with Crippen LogP contribution in [0.5, 0.6) is 0 Å². The molecule has 0 spiro atoms. The fraction of sp³-hybridized carbons (Fsp3) is 0.558. The van der Waals surface area contributed by atoms with Gasteiger partial charge in [-0.05, 0) is 123 Å². The van der Waals surface area contributed by atoms with Gasteiger partial charge in [0.05, 0.1) is 5.56 Å². The highest BCUT2D eigenvalue weighted by atomic mass is 32.2. The quantitative estimate of drug-likeness (QED) is 0.0560. The van der Waals surface area contributed by atoms with Crippen LogP contribution in [-0.4, -0.2) is 142 Å². The van der Waals surface area contributed by atoms with Gasteiger partial charge in [0.15, 0.2) is 0 Å². The van der Waals surface area contributed by atoms with Crippen molar-refractivity contribution in [2.24, 2.45) is 5.92 Å². The number of thioether (sulfide) groups is 1. The Hall–Kier alpha value is -5.12. The molecule has 0 aliphatic carbocycles. The molecule has 14 nitrogen and oxygen atoms in total. The highest BCUT2D eigenvalue weighted by Crippen LogP contribution is 2.32. The van der Waals surface area contributed by atoms with E-state index >= 15 is 0 Å². The third-order valence-electron chi connectivity index (χ3n) is 14.4. The minimum absolute atomic E-state index is 0.0800. The first-order valence-electron chi connectivity index (χ1n) is 25.0. The number of pyridine rings is 2. The molecule has 2 aromatic heterocycles. The van der Waals surface area contributed by atoms with Crippen molar-refractivity contribution < 1.29 is 24.0 Å². The first-order valence-corrected chi connectivity index (χ1v) is 26.0. The zero-order valence-corrected chi connectivity index (χ0v) is 39.9. The molecule has 0 radical (unpaired) electrons. The molecule has 15 heteroatoms. The lowest BCUT2D eigenvalue weighted by atomic mass is 9.91. The number of carbonyl (C=O) groups excluding carboxylic acids is 5. The molecule has 5 aliphatic heterocycles. The molecule has 2 N–H and O–H groups in total. The molecule has 4 fully saturated rings. The number of carbonyl (C=O) groups is 5. The van der Waals surface area contributed by atoms with E-state index in [9.17, 15) is 24.0 Å². The Morgan fingerprint density at radius 3 is 2.39 bits per heavy atom. The largest absolute Gasteiger partial charge is 0.357 e. The van der Waals surface area contributed by atoms with Crippen molar-refractivity contribution in [3.05, 3.63) is 89.4 Å². The van der Waals surface area contributed by atoms with Gasteiger partial charge in [0, 0.05) is 113 Å². The van der Waals surface area contributed by atoms with Crippen LogP contribution < -0.4 is 15.5 Å². The number of benzene rings is 1. The molecule has 8 rings (SSSR count). The molecule has 3 aromatic rings. The van der Waals surface area contributed by atoms with Crippen LogP contribution in [0, 0.1) is 5.92 Å². The van der Waals surface area contributed by atoms with Crippen molar-refractivity contribution in [1.29, 1.82) is 0 Å². The average molecular weight is 932 g/mol. The van der Waals surface area contributed by atoms with Crippen LogP contribution in [0.25, 0.3) is 6.08 Å². The first kappa shape index (κ1) is 48.3. The fourth-order valence-electron chi connectivity index (χ4n) is 10.4. The van der Waals surface area contributed by atoms with Gasteiger partial charge in [-0.2, -0.15) is 0 Å². The number of rotatable bonds is 20. The predicted octanol–water partition coefficient (Wildman–Crippen LogP) is 6.42. The maximum Gasteiger partial charge on any atom is 0.255 e. The topological polar surface area (TPSA) is 151 Å². The zero-order chi connectivity index (χ0) is 46.4. The maximum atomic E-state index is 13.4. The van der Waals surface area contributed by atoms with Gasteiger partial charge in [0.25, 0.3) is 11.8 Å². The second-order valence-electron chi connectivity index (χ2n) is 19.0. The number of nitrogens with one attached hydrogen (secondary N) is 2. The van der Waals surface area contributed by atoms with Gasteiger partial charge in [-0.1, -0.05) is 38.2 Å². The number of aromatic nitrogens is 2. The smallest absolute Gasteiger partial charge is 0.255 e. The minimum atomic E-state index is -0.573. The van der Waals surface area contributed by atoms with Crippen molar-refractivity contribution in [1.82, 2.24) is 40.2 Å². The van der Waals surface area contributed by atoms with Crippen LogP contribution in [0.3, 0.4) is 0 Å². The highest BCUT2D eigenvalue weighted by molar-refractivity contribution is 7.99. The van der Waals surface area contributed by atoms with Crippen LogP contribution in [-0.2, 0) is 20.9 Å². The van der Waals surface area contributed by atoms with E-state index in [-0.39, 0.29) is 36.0 Å². The second-order valence-corrected chi connectivity index (χ2v) is 20.1. The number of likely N-dealkylation sites (tertiary alicyclic amines) is 1. The van der Waals surface area contributed by atoms with E-state index < -0.39 is 6.04 Å². The summed E-state index contributed by atoms with van der Waals surface area (Å²) in [6, 6.07) is 13.8. The number of fused-ring (bicyclic) bond motifs is 1. The number of hydrogen-bond donors (Lipinski definition) is 2. The standard InChI is InChI=1S/C52H69N9O5S/c62-48(17-11-40-10-8-23-53-36-40)54-24-5-4-9-39-19-26-60(27-20-39)51(65)41-12-16-47(55-37-41)59-28-21-43(22-29-59)58-32-30-57(31-33-58)25-6-2-1-3-7-34-67-44-13-14-45-42(35-44)38-61(52(45)66)46-15-18-49(63)56-50(46)64/h8,10-14,16-17,23,35-37,39,43,46H,1-7,9,15,18-22,24-34,38H2,(H,54,62)(H,56,63,64)/b17-11+. The summed E-state index contributed by atoms with van der Waals surface area (Å²) in [6.45, 7) is 10.4. The lowest BCUT2D eigenvalue weighted by Gasteiger charge is -2.43. The number of anilines is 1. The number of imide groups is 1. The molecule has 0 bridgehead atoms.